The molecule has 0 aliphatic rings. The Bertz CT molecular complexity index is 794. The van der Waals surface area contributed by atoms with Crippen molar-refractivity contribution in [1.82, 2.24) is 10.0 Å². The van der Waals surface area contributed by atoms with E-state index in [0.717, 1.165) is 0 Å². The van der Waals surface area contributed by atoms with Gasteiger partial charge in [-0.25, -0.2) is 13.2 Å². The topological polar surface area (TPSA) is 145 Å². The quantitative estimate of drug-likeness (QED) is 0.525. The van der Waals surface area contributed by atoms with Crippen molar-refractivity contribution >= 4 is 67.1 Å². The number of hydrogen-bond acceptors (Lipinski definition) is 6. The van der Waals surface area contributed by atoms with Gasteiger partial charge in [-0.2, -0.15) is 4.72 Å². The van der Waals surface area contributed by atoms with Gasteiger partial charge in [-0.1, -0.05) is 39.1 Å². The Kier molecular flexibility index (Phi) is 7.62. The maximum atomic E-state index is 12.2. The van der Waals surface area contributed by atoms with Gasteiger partial charge < -0.3 is 10.5 Å². The van der Waals surface area contributed by atoms with Crippen LogP contribution in [0.5, 0.6) is 0 Å². The molecule has 1 aromatic carbocycles. The van der Waals surface area contributed by atoms with E-state index in [1.807, 2.05) is 4.72 Å². The molecule has 0 radical (unpaired) electrons. The minimum absolute atomic E-state index is 0.158. The van der Waals surface area contributed by atoms with Crippen molar-refractivity contribution in [3.63, 3.8) is 0 Å². The molecule has 4 N–H and O–H groups in total. The molecule has 1 aromatic rings. The maximum Gasteiger partial charge on any atom is 0.321 e. The van der Waals surface area contributed by atoms with Crippen LogP contribution >= 0.6 is 39.1 Å². The van der Waals surface area contributed by atoms with Crippen LogP contribution < -0.4 is 15.8 Å². The molecule has 0 aliphatic heterocycles. The highest BCUT2D eigenvalue weighted by Gasteiger charge is 2.25. The second kappa shape index (κ2) is 8.81. The number of carbonyl (C=O) groups excluding carboxylic acids is 3. The second-order valence-corrected chi connectivity index (χ2v) is 7.94. The first-order valence-corrected chi connectivity index (χ1v) is 9.41. The number of nitrogens with one attached hydrogen (secondary N) is 2. The first-order chi connectivity index (χ1) is 11.4. The molecule has 0 saturated heterocycles. The molecule has 9 nitrogen and oxygen atoms in total. The number of urea groups is 1. The Balaban J connectivity index is 2.75. The summed E-state index contributed by atoms with van der Waals surface area (Å²) in [6, 6.07) is 1.51. The molecule has 3 amide bonds. The predicted molar refractivity (Wildman–Crippen MR) is 92.6 cm³/mol. The number of nitrogens with two attached hydrogens (primary N) is 1. The van der Waals surface area contributed by atoms with Gasteiger partial charge in [0.2, 0.25) is 10.0 Å². The summed E-state index contributed by atoms with van der Waals surface area (Å²) in [5, 5.41) is 1.40. The van der Waals surface area contributed by atoms with E-state index < -0.39 is 45.5 Å². The van der Waals surface area contributed by atoms with E-state index in [1.54, 1.807) is 5.32 Å². The van der Waals surface area contributed by atoms with E-state index in [2.05, 4.69) is 20.7 Å². The monoisotopic (exact) mass is 475 g/mol. The Hall–Kier alpha value is -1.40. The first-order valence-electron chi connectivity index (χ1n) is 6.38. The zero-order valence-corrected chi connectivity index (χ0v) is 16.4. The van der Waals surface area contributed by atoms with Gasteiger partial charge in [-0.05, 0) is 19.1 Å². The van der Waals surface area contributed by atoms with Gasteiger partial charge in [-0.3, -0.25) is 14.9 Å². The number of esters is 1. The third-order valence-electron chi connectivity index (χ3n) is 2.56. The van der Waals surface area contributed by atoms with Crippen molar-refractivity contribution in [3.8, 4) is 0 Å². The maximum absolute atomic E-state index is 12.2. The SMILES string of the molecule is C[C@H](OC(=O)CNS(=O)(=O)c1c(Cl)cc(Br)cc1Cl)C(=O)NC(N)=O. The van der Waals surface area contributed by atoms with Gasteiger partial charge >= 0.3 is 12.0 Å². The Morgan fingerprint density at radius 3 is 2.28 bits per heavy atom. The summed E-state index contributed by atoms with van der Waals surface area (Å²) in [6.07, 6.45) is -1.36. The van der Waals surface area contributed by atoms with E-state index in [-0.39, 0.29) is 10.0 Å². The number of amides is 3. The lowest BCUT2D eigenvalue weighted by Crippen LogP contribution is -2.43. The van der Waals surface area contributed by atoms with Crippen LogP contribution in [0.25, 0.3) is 0 Å². The number of hydrogen-bond donors (Lipinski definition) is 3. The highest BCUT2D eigenvalue weighted by molar-refractivity contribution is 9.10. The van der Waals surface area contributed by atoms with Crippen molar-refractivity contribution < 1.29 is 27.5 Å². The zero-order chi connectivity index (χ0) is 19.4. The van der Waals surface area contributed by atoms with Crippen LogP contribution in [0, 0.1) is 0 Å². The van der Waals surface area contributed by atoms with Crippen molar-refractivity contribution in [1.29, 1.82) is 0 Å². The molecule has 1 atom stereocenters. The van der Waals surface area contributed by atoms with Crippen LogP contribution in [-0.2, 0) is 24.3 Å². The fraction of sp³-hybridized carbons (Fsp3) is 0.250. The van der Waals surface area contributed by atoms with Crippen LogP contribution in [0.3, 0.4) is 0 Å². The highest BCUT2D eigenvalue weighted by atomic mass is 79.9. The minimum Gasteiger partial charge on any atom is -0.452 e. The molecule has 25 heavy (non-hydrogen) atoms. The summed E-state index contributed by atoms with van der Waals surface area (Å²) in [4.78, 5) is 33.1. The molecule has 0 fully saturated rings. The van der Waals surface area contributed by atoms with Gasteiger partial charge in [-0.15, -0.1) is 0 Å². The van der Waals surface area contributed by atoms with Crippen LogP contribution in [-0.4, -0.2) is 39.0 Å². The summed E-state index contributed by atoms with van der Waals surface area (Å²) >= 11 is 14.8. The van der Waals surface area contributed by atoms with E-state index in [1.165, 1.54) is 19.1 Å². The van der Waals surface area contributed by atoms with Gasteiger partial charge in [0.05, 0.1) is 10.0 Å². The summed E-state index contributed by atoms with van der Waals surface area (Å²) in [5.41, 5.74) is 4.75. The molecule has 1 rings (SSSR count). The Labute approximate surface area is 161 Å². The molecule has 0 unspecified atom stereocenters. The predicted octanol–water partition coefficient (Wildman–Crippen LogP) is 1.16. The Morgan fingerprint density at radius 1 is 1.28 bits per heavy atom. The zero-order valence-electron chi connectivity index (χ0n) is 12.5. The molecular weight excluding hydrogens is 465 g/mol. The van der Waals surface area contributed by atoms with E-state index in [4.69, 9.17) is 28.9 Å². The minimum atomic E-state index is -4.22. The molecule has 138 valence electrons. The standard InChI is InChI=1S/C12H12BrCl2N3O6S/c1-5(11(20)18-12(16)21)24-9(19)4-17-25(22,23)10-7(14)2-6(13)3-8(10)15/h2-3,5,17H,4H2,1H3,(H3,16,18,20,21)/t5-/m0/s1. The summed E-state index contributed by atoms with van der Waals surface area (Å²) < 4.78 is 31.5. The van der Waals surface area contributed by atoms with Crippen molar-refractivity contribution in [2.45, 2.75) is 17.9 Å². The fourth-order valence-electron chi connectivity index (χ4n) is 1.53. The lowest BCUT2D eigenvalue weighted by molar-refractivity contribution is -0.153. The van der Waals surface area contributed by atoms with Crippen molar-refractivity contribution in [2.24, 2.45) is 5.73 Å². The van der Waals surface area contributed by atoms with Gasteiger partial charge in [0.15, 0.2) is 6.10 Å². The highest BCUT2D eigenvalue weighted by Crippen LogP contribution is 2.32. The molecular formula is C12H12BrCl2N3O6S. The molecule has 0 spiro atoms. The van der Waals surface area contributed by atoms with Crippen molar-refractivity contribution in [3.05, 3.63) is 26.7 Å². The number of sulfonamides is 1. The average molecular weight is 477 g/mol. The number of ether oxygens (including phenoxy) is 1. The fourth-order valence-corrected chi connectivity index (χ4v) is 4.43. The number of benzene rings is 1. The lowest BCUT2D eigenvalue weighted by atomic mass is 10.4. The lowest BCUT2D eigenvalue weighted by Gasteiger charge is -2.13. The van der Waals surface area contributed by atoms with Crippen LogP contribution in [0.4, 0.5) is 4.79 Å². The van der Waals surface area contributed by atoms with Gasteiger partial charge in [0.25, 0.3) is 5.91 Å². The third-order valence-corrected chi connectivity index (χ3v) is 5.34. The van der Waals surface area contributed by atoms with E-state index >= 15 is 0 Å². The number of halogens is 3. The first kappa shape index (κ1) is 21.6. The second-order valence-electron chi connectivity index (χ2n) is 4.51. The molecule has 0 saturated carbocycles. The summed E-state index contributed by atoms with van der Waals surface area (Å²) in [5.74, 6) is -2.03. The molecule has 0 bridgehead atoms. The summed E-state index contributed by atoms with van der Waals surface area (Å²) in [6.45, 7) is 0.381. The molecule has 13 heteroatoms. The number of primary amides is 1. The Morgan fingerprint density at radius 2 is 1.80 bits per heavy atom. The van der Waals surface area contributed by atoms with Gasteiger partial charge in [0.1, 0.15) is 11.4 Å². The van der Waals surface area contributed by atoms with Crippen LogP contribution in [0.15, 0.2) is 21.5 Å². The number of rotatable bonds is 6. The average Bonchev–Trinajstić information content (AvgIpc) is 2.43. The molecule has 0 aromatic heterocycles. The molecule has 0 aliphatic carbocycles. The third kappa shape index (κ3) is 6.44. The number of carbonyl (C=O) groups is 3. The number of imide groups is 1. The van der Waals surface area contributed by atoms with Crippen molar-refractivity contribution in [2.75, 3.05) is 6.54 Å². The molecule has 0 heterocycles. The van der Waals surface area contributed by atoms with Gasteiger partial charge in [0, 0.05) is 4.47 Å². The van der Waals surface area contributed by atoms with E-state index in [9.17, 15) is 22.8 Å². The largest absolute Gasteiger partial charge is 0.452 e. The van der Waals surface area contributed by atoms with E-state index in [0.29, 0.717) is 4.47 Å². The smallest absolute Gasteiger partial charge is 0.321 e. The summed E-state index contributed by atoms with van der Waals surface area (Å²) in [7, 11) is -4.22. The van der Waals surface area contributed by atoms with Crippen LogP contribution in [0.2, 0.25) is 10.0 Å². The normalized spacial score (nSPS) is 12.3. The van der Waals surface area contributed by atoms with Crippen LogP contribution in [0.1, 0.15) is 6.92 Å².